The third kappa shape index (κ3) is 3.17. The molecule has 0 aliphatic rings. The Morgan fingerprint density at radius 3 is 2.65 bits per heavy atom. The standard InChI is InChI=1S/C11H12FNO4/c1-6(10(14)16-2)17-11(15)8-5-7(12)3-4-9(8)13/h3-6H,13H2,1-2H3. The van der Waals surface area contributed by atoms with Gasteiger partial charge in [0.15, 0.2) is 6.10 Å². The van der Waals surface area contributed by atoms with Gasteiger partial charge < -0.3 is 15.2 Å². The lowest BCUT2D eigenvalue weighted by molar-refractivity contribution is -0.149. The molecule has 0 aliphatic heterocycles. The van der Waals surface area contributed by atoms with E-state index in [9.17, 15) is 14.0 Å². The summed E-state index contributed by atoms with van der Waals surface area (Å²) in [4.78, 5) is 22.6. The SMILES string of the molecule is COC(=O)C(C)OC(=O)c1cc(F)ccc1N. The van der Waals surface area contributed by atoms with Gasteiger partial charge in [-0.2, -0.15) is 0 Å². The summed E-state index contributed by atoms with van der Waals surface area (Å²) in [5.74, 6) is -2.19. The smallest absolute Gasteiger partial charge is 0.346 e. The fourth-order valence-corrected chi connectivity index (χ4v) is 1.14. The Labute approximate surface area is 97.3 Å². The summed E-state index contributed by atoms with van der Waals surface area (Å²) in [6.07, 6.45) is -1.07. The zero-order valence-electron chi connectivity index (χ0n) is 9.40. The number of hydrogen-bond donors (Lipinski definition) is 1. The lowest BCUT2D eigenvalue weighted by atomic mass is 10.2. The second-order valence-corrected chi connectivity index (χ2v) is 3.30. The number of esters is 2. The highest BCUT2D eigenvalue weighted by Gasteiger charge is 2.20. The molecule has 0 radical (unpaired) electrons. The summed E-state index contributed by atoms with van der Waals surface area (Å²) in [7, 11) is 1.17. The third-order valence-electron chi connectivity index (χ3n) is 2.05. The highest BCUT2D eigenvalue weighted by atomic mass is 19.1. The molecule has 0 fully saturated rings. The maximum Gasteiger partial charge on any atom is 0.346 e. The van der Waals surface area contributed by atoms with E-state index < -0.39 is 23.9 Å². The molecule has 1 aromatic rings. The molecule has 0 spiro atoms. The summed E-state index contributed by atoms with van der Waals surface area (Å²) in [5.41, 5.74) is 5.44. The molecule has 5 nitrogen and oxygen atoms in total. The van der Waals surface area contributed by atoms with Gasteiger partial charge in [0.05, 0.1) is 12.7 Å². The highest BCUT2D eigenvalue weighted by Crippen LogP contribution is 2.15. The lowest BCUT2D eigenvalue weighted by Gasteiger charge is -2.11. The number of methoxy groups -OCH3 is 1. The molecule has 1 aromatic carbocycles. The summed E-state index contributed by atoms with van der Waals surface area (Å²) in [5, 5.41) is 0. The van der Waals surface area contributed by atoms with Crippen molar-refractivity contribution < 1.29 is 23.5 Å². The van der Waals surface area contributed by atoms with E-state index in [1.807, 2.05) is 0 Å². The Hall–Kier alpha value is -2.11. The van der Waals surface area contributed by atoms with Gasteiger partial charge >= 0.3 is 11.9 Å². The van der Waals surface area contributed by atoms with Gasteiger partial charge in [-0.1, -0.05) is 0 Å². The molecule has 0 heterocycles. The Balaban J connectivity index is 2.83. The van der Waals surface area contributed by atoms with Crippen molar-refractivity contribution in [3.63, 3.8) is 0 Å². The fraction of sp³-hybridized carbons (Fsp3) is 0.273. The summed E-state index contributed by atoms with van der Waals surface area (Å²) in [6.45, 7) is 1.35. The number of ether oxygens (including phenoxy) is 2. The average Bonchev–Trinajstić information content (AvgIpc) is 2.30. The highest BCUT2D eigenvalue weighted by molar-refractivity contribution is 5.96. The first-order chi connectivity index (χ1) is 7.95. The Morgan fingerprint density at radius 2 is 2.06 bits per heavy atom. The van der Waals surface area contributed by atoms with E-state index in [-0.39, 0.29) is 11.3 Å². The van der Waals surface area contributed by atoms with Crippen molar-refractivity contribution in [1.82, 2.24) is 0 Å². The van der Waals surface area contributed by atoms with Crippen molar-refractivity contribution in [2.45, 2.75) is 13.0 Å². The van der Waals surface area contributed by atoms with E-state index in [4.69, 9.17) is 10.5 Å². The van der Waals surface area contributed by atoms with E-state index in [2.05, 4.69) is 4.74 Å². The molecule has 2 N–H and O–H groups in total. The summed E-state index contributed by atoms with van der Waals surface area (Å²) < 4.78 is 22.1. The van der Waals surface area contributed by atoms with Gasteiger partial charge in [-0.15, -0.1) is 0 Å². The van der Waals surface area contributed by atoms with Crippen LogP contribution in [0.3, 0.4) is 0 Å². The fourth-order valence-electron chi connectivity index (χ4n) is 1.14. The lowest BCUT2D eigenvalue weighted by Crippen LogP contribution is -2.25. The van der Waals surface area contributed by atoms with Crippen LogP contribution >= 0.6 is 0 Å². The van der Waals surface area contributed by atoms with Crippen molar-refractivity contribution >= 4 is 17.6 Å². The van der Waals surface area contributed by atoms with Gasteiger partial charge in [-0.3, -0.25) is 0 Å². The molecule has 1 rings (SSSR count). The van der Waals surface area contributed by atoms with Crippen molar-refractivity contribution in [2.75, 3.05) is 12.8 Å². The first kappa shape index (κ1) is 13.0. The van der Waals surface area contributed by atoms with Crippen LogP contribution in [-0.4, -0.2) is 25.2 Å². The number of benzene rings is 1. The van der Waals surface area contributed by atoms with Crippen molar-refractivity contribution in [3.8, 4) is 0 Å². The molecule has 0 aromatic heterocycles. The third-order valence-corrected chi connectivity index (χ3v) is 2.05. The summed E-state index contributed by atoms with van der Waals surface area (Å²) >= 11 is 0. The molecule has 92 valence electrons. The maximum atomic E-state index is 12.9. The van der Waals surface area contributed by atoms with E-state index >= 15 is 0 Å². The zero-order chi connectivity index (χ0) is 13.0. The predicted octanol–water partition coefficient (Wildman–Crippen LogP) is 1.13. The van der Waals surface area contributed by atoms with Crippen LogP contribution < -0.4 is 5.73 Å². The van der Waals surface area contributed by atoms with Gasteiger partial charge in [-0.25, -0.2) is 14.0 Å². The average molecular weight is 241 g/mol. The van der Waals surface area contributed by atoms with Crippen LogP contribution in [0.5, 0.6) is 0 Å². The Kier molecular flexibility index (Phi) is 4.03. The predicted molar refractivity (Wildman–Crippen MR) is 57.7 cm³/mol. The molecule has 0 aliphatic carbocycles. The topological polar surface area (TPSA) is 78.6 Å². The molecule has 1 unspecified atom stereocenters. The molecule has 6 heteroatoms. The molecular formula is C11H12FNO4. The molecule has 0 saturated heterocycles. The molecule has 0 saturated carbocycles. The minimum absolute atomic E-state index is 0.0773. The second-order valence-electron chi connectivity index (χ2n) is 3.30. The number of anilines is 1. The first-order valence-electron chi connectivity index (χ1n) is 4.79. The minimum Gasteiger partial charge on any atom is -0.466 e. The number of nitrogen functional groups attached to an aromatic ring is 1. The normalized spacial score (nSPS) is 11.7. The van der Waals surface area contributed by atoms with E-state index in [0.717, 1.165) is 12.1 Å². The van der Waals surface area contributed by atoms with Gasteiger partial charge in [0, 0.05) is 5.69 Å². The molecule has 1 atom stereocenters. The van der Waals surface area contributed by atoms with Gasteiger partial charge in [-0.05, 0) is 25.1 Å². The number of rotatable bonds is 3. The molecule has 17 heavy (non-hydrogen) atoms. The van der Waals surface area contributed by atoms with Crippen LogP contribution in [-0.2, 0) is 14.3 Å². The van der Waals surface area contributed by atoms with Crippen molar-refractivity contribution in [3.05, 3.63) is 29.6 Å². The van der Waals surface area contributed by atoms with Crippen LogP contribution in [0.15, 0.2) is 18.2 Å². The Morgan fingerprint density at radius 1 is 1.41 bits per heavy atom. The summed E-state index contributed by atoms with van der Waals surface area (Å²) in [6, 6.07) is 3.31. The van der Waals surface area contributed by atoms with Crippen LogP contribution in [0.2, 0.25) is 0 Å². The first-order valence-corrected chi connectivity index (χ1v) is 4.79. The van der Waals surface area contributed by atoms with E-state index in [1.165, 1.54) is 20.1 Å². The maximum absolute atomic E-state index is 12.9. The second kappa shape index (κ2) is 5.29. The Bertz CT molecular complexity index is 447. The van der Waals surface area contributed by atoms with Gasteiger partial charge in [0.2, 0.25) is 0 Å². The van der Waals surface area contributed by atoms with Crippen molar-refractivity contribution in [2.24, 2.45) is 0 Å². The molecule has 0 bridgehead atoms. The van der Waals surface area contributed by atoms with Crippen molar-refractivity contribution in [1.29, 1.82) is 0 Å². The van der Waals surface area contributed by atoms with Gasteiger partial charge in [0.25, 0.3) is 0 Å². The van der Waals surface area contributed by atoms with Gasteiger partial charge in [0.1, 0.15) is 5.82 Å². The van der Waals surface area contributed by atoms with Crippen LogP contribution in [0.25, 0.3) is 0 Å². The van der Waals surface area contributed by atoms with Crippen LogP contribution in [0.1, 0.15) is 17.3 Å². The largest absolute Gasteiger partial charge is 0.466 e. The van der Waals surface area contributed by atoms with Crippen LogP contribution in [0, 0.1) is 5.82 Å². The van der Waals surface area contributed by atoms with E-state index in [1.54, 1.807) is 0 Å². The number of hydrogen-bond acceptors (Lipinski definition) is 5. The minimum atomic E-state index is -1.07. The quantitative estimate of drug-likeness (QED) is 0.633. The number of carbonyl (C=O) groups excluding carboxylic acids is 2. The van der Waals surface area contributed by atoms with E-state index in [0.29, 0.717) is 0 Å². The number of carbonyl (C=O) groups is 2. The van der Waals surface area contributed by atoms with Crippen LogP contribution in [0.4, 0.5) is 10.1 Å². The molecular weight excluding hydrogens is 229 g/mol. The molecule has 0 amide bonds. The zero-order valence-corrected chi connectivity index (χ0v) is 9.40. The monoisotopic (exact) mass is 241 g/mol. The number of halogens is 1. The number of nitrogens with two attached hydrogens (primary N) is 1.